The zero-order valence-electron chi connectivity index (χ0n) is 9.35. The van der Waals surface area contributed by atoms with E-state index in [1.54, 1.807) is 0 Å². The van der Waals surface area contributed by atoms with E-state index in [1.807, 2.05) is 0 Å². The van der Waals surface area contributed by atoms with Crippen molar-refractivity contribution in [1.29, 1.82) is 0 Å². The second kappa shape index (κ2) is 11.5. The quantitative estimate of drug-likeness (QED) is 0.544. The Morgan fingerprint density at radius 2 is 1.54 bits per heavy atom. The molecule has 0 aliphatic carbocycles. The van der Waals surface area contributed by atoms with Gasteiger partial charge >= 0.3 is 0 Å². The molecule has 0 aromatic rings. The first kappa shape index (κ1) is 15.0. The minimum absolute atomic E-state index is 0.0835. The summed E-state index contributed by atoms with van der Waals surface area (Å²) in [4.78, 5) is 20.4. The molecule has 0 N–H and O–H groups in total. The van der Waals surface area contributed by atoms with Crippen LogP contribution in [0.1, 0.15) is 33.6 Å². The number of carbonyl (C=O) groups is 2. The van der Waals surface area contributed by atoms with Crippen molar-refractivity contribution in [2.75, 3.05) is 0 Å². The molecule has 0 unspecified atom stereocenters. The van der Waals surface area contributed by atoms with Crippen LogP contribution >= 0.6 is 0 Å². The van der Waals surface area contributed by atoms with Gasteiger partial charge in [-0.2, -0.15) is 0 Å². The fourth-order valence-corrected chi connectivity index (χ4v) is 0.706. The molecule has 0 atom stereocenters. The summed E-state index contributed by atoms with van der Waals surface area (Å²) >= 11 is 0. The molecular formula is C8H19B3O2. The van der Waals surface area contributed by atoms with Gasteiger partial charge in [-0.25, -0.2) is 0 Å². The molecule has 0 fully saturated rings. The summed E-state index contributed by atoms with van der Waals surface area (Å²) in [6.45, 7) is 5.19. The van der Waals surface area contributed by atoms with E-state index in [1.165, 1.54) is 34.4 Å². The summed E-state index contributed by atoms with van der Waals surface area (Å²) in [6, 6.07) is 0. The van der Waals surface area contributed by atoms with Crippen LogP contribution in [0.2, 0.25) is 6.32 Å². The zero-order valence-corrected chi connectivity index (χ0v) is 9.35. The molecule has 0 heterocycles. The molecule has 0 aliphatic heterocycles. The Bertz CT molecular complexity index is 132. The molecular weight excluding hydrogens is 161 g/mol. The van der Waals surface area contributed by atoms with Crippen molar-refractivity contribution in [2.24, 2.45) is 0 Å². The van der Waals surface area contributed by atoms with E-state index in [2.05, 4.69) is 14.7 Å². The van der Waals surface area contributed by atoms with E-state index in [-0.39, 0.29) is 11.6 Å². The van der Waals surface area contributed by atoms with Gasteiger partial charge < -0.3 is 9.59 Å². The summed E-state index contributed by atoms with van der Waals surface area (Å²) in [5.74, 6) is 0.167. The van der Waals surface area contributed by atoms with E-state index >= 15 is 0 Å². The Morgan fingerprint density at radius 3 is 1.62 bits per heavy atom. The molecule has 0 aromatic carbocycles. The highest BCUT2D eigenvalue weighted by molar-refractivity contribution is 7.23. The summed E-state index contributed by atoms with van der Waals surface area (Å²) < 4.78 is 0. The number of hydrogen-bond donors (Lipinski definition) is 0. The van der Waals surface area contributed by atoms with Crippen molar-refractivity contribution in [1.82, 2.24) is 0 Å². The summed E-state index contributed by atoms with van der Waals surface area (Å²) in [6.07, 6.45) is 2.14. The Kier molecular flexibility index (Phi) is 13.3. The van der Waals surface area contributed by atoms with Crippen LogP contribution in [0.25, 0.3) is 0 Å². The first-order chi connectivity index (χ1) is 6.04. The molecule has 0 aromatic heterocycles. The maximum absolute atomic E-state index is 10.2. The highest BCUT2D eigenvalue weighted by Gasteiger charge is 1.95. The normalized spacial score (nSPS) is 7.92. The van der Waals surface area contributed by atoms with Crippen molar-refractivity contribution in [3.8, 4) is 0 Å². The van der Waals surface area contributed by atoms with E-state index in [0.717, 1.165) is 0 Å². The van der Waals surface area contributed by atoms with Gasteiger partial charge in [-0.15, -0.1) is 0 Å². The number of hydrogen-bond acceptors (Lipinski definition) is 2. The summed E-state index contributed by atoms with van der Waals surface area (Å²) in [5, 5.41) is 0. The van der Waals surface area contributed by atoms with E-state index < -0.39 is 0 Å². The molecule has 0 spiro atoms. The van der Waals surface area contributed by atoms with Gasteiger partial charge in [0.05, 0.1) is 22.0 Å². The van der Waals surface area contributed by atoms with Crippen LogP contribution in [-0.4, -0.2) is 33.5 Å². The molecule has 0 saturated carbocycles. The molecule has 0 rings (SSSR count). The third-order valence-electron chi connectivity index (χ3n) is 1.54. The van der Waals surface area contributed by atoms with Crippen LogP contribution in [0.3, 0.4) is 0 Å². The number of carbonyl (C=O) groups excluding carboxylic acids is 2. The summed E-state index contributed by atoms with van der Waals surface area (Å²) in [7, 11) is 4.94. The molecule has 72 valence electrons. The maximum atomic E-state index is 10.2. The Morgan fingerprint density at radius 1 is 1.15 bits per heavy atom. The first-order valence-electron chi connectivity index (χ1n) is 5.03. The van der Waals surface area contributed by atoms with Crippen molar-refractivity contribution in [2.45, 2.75) is 39.9 Å². The number of Topliss-reactive ketones (excluding diaryl/α,β-unsaturated/α-hetero) is 2. The molecule has 0 radical (unpaired) electrons. The molecule has 0 amide bonds. The molecule has 0 aliphatic rings. The van der Waals surface area contributed by atoms with Crippen LogP contribution in [0.5, 0.6) is 0 Å². The van der Waals surface area contributed by atoms with Crippen molar-refractivity contribution < 1.29 is 9.59 Å². The SMILES string of the molecule is BBBCC.CC(=O)CCC(C)=O. The standard InChI is InChI=1S/C6H10O2.C2H9B3/c1-5(7)3-4-6(2)8;1-2-4-5-3/h3-4H2,1-2H3;4-5H,2-3H2,1H3. The topological polar surface area (TPSA) is 34.1 Å². The van der Waals surface area contributed by atoms with Crippen molar-refractivity contribution in [3.63, 3.8) is 0 Å². The van der Waals surface area contributed by atoms with Crippen LogP contribution in [-0.2, 0) is 9.59 Å². The molecule has 13 heavy (non-hydrogen) atoms. The fraction of sp³-hybridized carbons (Fsp3) is 0.750. The van der Waals surface area contributed by atoms with Crippen LogP contribution in [0, 0.1) is 0 Å². The van der Waals surface area contributed by atoms with E-state index in [0.29, 0.717) is 12.8 Å². The van der Waals surface area contributed by atoms with Gasteiger partial charge in [0.1, 0.15) is 11.6 Å². The number of ketones is 2. The Labute approximate surface area is 83.7 Å². The van der Waals surface area contributed by atoms with Gasteiger partial charge in [-0.3, -0.25) is 0 Å². The predicted molar refractivity (Wildman–Crippen MR) is 63.9 cm³/mol. The second-order valence-electron chi connectivity index (χ2n) is 3.26. The largest absolute Gasteiger partial charge is 0.300 e. The predicted octanol–water partition coefficient (Wildman–Crippen LogP) is -0.295. The third-order valence-corrected chi connectivity index (χ3v) is 1.54. The molecule has 2 nitrogen and oxygen atoms in total. The lowest BCUT2D eigenvalue weighted by molar-refractivity contribution is -0.122. The van der Waals surface area contributed by atoms with Gasteiger partial charge in [0.25, 0.3) is 0 Å². The smallest absolute Gasteiger partial charge is 0.130 e. The van der Waals surface area contributed by atoms with Crippen molar-refractivity contribution in [3.05, 3.63) is 0 Å². The van der Waals surface area contributed by atoms with Crippen LogP contribution < -0.4 is 0 Å². The average Bonchev–Trinajstić information content (AvgIpc) is 2.03. The minimum atomic E-state index is 0.0835. The Hall–Kier alpha value is -0.465. The maximum Gasteiger partial charge on any atom is 0.130 e. The Balaban J connectivity index is 0. The monoisotopic (exact) mass is 180 g/mol. The minimum Gasteiger partial charge on any atom is -0.300 e. The molecule has 0 bridgehead atoms. The lowest BCUT2D eigenvalue weighted by Gasteiger charge is -1.86. The van der Waals surface area contributed by atoms with Gasteiger partial charge in [0.2, 0.25) is 0 Å². The number of rotatable bonds is 5. The molecule has 5 heteroatoms. The van der Waals surface area contributed by atoms with E-state index in [9.17, 15) is 9.59 Å². The average molecular weight is 180 g/mol. The van der Waals surface area contributed by atoms with Crippen LogP contribution in [0.15, 0.2) is 0 Å². The second-order valence-corrected chi connectivity index (χ2v) is 3.26. The third kappa shape index (κ3) is 24.6. The highest BCUT2D eigenvalue weighted by atomic mass is 16.1. The summed E-state index contributed by atoms with van der Waals surface area (Å²) in [5.41, 5.74) is 0. The van der Waals surface area contributed by atoms with Gasteiger partial charge in [-0.05, 0) is 13.8 Å². The first-order valence-corrected chi connectivity index (χ1v) is 5.03. The zero-order chi connectivity index (χ0) is 10.7. The van der Waals surface area contributed by atoms with Gasteiger partial charge in [-0.1, -0.05) is 13.2 Å². The van der Waals surface area contributed by atoms with E-state index in [4.69, 9.17) is 0 Å². The van der Waals surface area contributed by atoms with Crippen LogP contribution in [0.4, 0.5) is 0 Å². The fourth-order valence-electron chi connectivity index (χ4n) is 0.706. The van der Waals surface area contributed by atoms with Crippen molar-refractivity contribution >= 4 is 33.5 Å². The molecule has 0 saturated heterocycles. The highest BCUT2D eigenvalue weighted by Crippen LogP contribution is 1.89. The lowest BCUT2D eigenvalue weighted by Crippen LogP contribution is -1.98. The van der Waals surface area contributed by atoms with Gasteiger partial charge in [0, 0.05) is 12.8 Å². The van der Waals surface area contributed by atoms with Gasteiger partial charge in [0.15, 0.2) is 0 Å². The lowest BCUT2D eigenvalue weighted by atomic mass is 9.27.